The zero-order valence-electron chi connectivity index (χ0n) is 13.0. The summed E-state index contributed by atoms with van der Waals surface area (Å²) in [5, 5.41) is 11.1. The van der Waals surface area contributed by atoms with Crippen molar-refractivity contribution in [1.29, 1.82) is 0 Å². The minimum Gasteiger partial charge on any atom is -0.426 e. The van der Waals surface area contributed by atoms with Gasteiger partial charge in [-0.1, -0.05) is 61.9 Å². The molecule has 0 aliphatic rings. The fourth-order valence-corrected chi connectivity index (χ4v) is 2.61. The van der Waals surface area contributed by atoms with Gasteiger partial charge in [0.05, 0.1) is 5.92 Å². The molecular weight excluding hydrogens is 276 g/mol. The minimum atomic E-state index is -1.22. The summed E-state index contributed by atoms with van der Waals surface area (Å²) in [6.07, 6.45) is 1.27. The average Bonchev–Trinajstić information content (AvgIpc) is 2.56. The highest BCUT2D eigenvalue weighted by atomic mass is 16.5. The number of aliphatic hydroxyl groups is 1. The van der Waals surface area contributed by atoms with E-state index >= 15 is 0 Å². The molecule has 0 aliphatic heterocycles. The number of carbonyl (C=O) groups excluding carboxylic acids is 1. The fraction of sp³-hybridized carbons (Fsp3) is 0.316. The van der Waals surface area contributed by atoms with Gasteiger partial charge in [0.1, 0.15) is 11.4 Å². The van der Waals surface area contributed by atoms with Crippen LogP contribution in [-0.2, 0) is 10.4 Å². The molecule has 0 unspecified atom stereocenters. The van der Waals surface area contributed by atoms with Crippen molar-refractivity contribution in [2.24, 2.45) is 5.92 Å². The Bertz CT molecular complexity index is 595. The number of hydrogen-bond donors (Lipinski definition) is 1. The van der Waals surface area contributed by atoms with Gasteiger partial charge in [-0.3, -0.25) is 4.79 Å². The maximum Gasteiger partial charge on any atom is 0.317 e. The van der Waals surface area contributed by atoms with Crippen molar-refractivity contribution in [2.75, 3.05) is 0 Å². The molecule has 22 heavy (non-hydrogen) atoms. The summed E-state index contributed by atoms with van der Waals surface area (Å²) < 4.78 is 5.39. The summed E-state index contributed by atoms with van der Waals surface area (Å²) in [6, 6.07) is 18.3. The zero-order valence-corrected chi connectivity index (χ0v) is 13.0. The number of para-hydroxylation sites is 1. The minimum absolute atomic E-state index is 0.425. The molecule has 0 bridgehead atoms. The zero-order chi connectivity index (χ0) is 16.0. The molecule has 116 valence electrons. The lowest BCUT2D eigenvalue weighted by Gasteiger charge is -2.33. The van der Waals surface area contributed by atoms with Gasteiger partial charge in [0, 0.05) is 0 Å². The molecule has 2 atom stereocenters. The van der Waals surface area contributed by atoms with E-state index in [1.807, 2.05) is 55.5 Å². The van der Waals surface area contributed by atoms with Crippen molar-refractivity contribution in [3.05, 3.63) is 66.2 Å². The van der Waals surface area contributed by atoms with E-state index in [9.17, 15) is 9.90 Å². The van der Waals surface area contributed by atoms with Crippen LogP contribution in [0.4, 0.5) is 0 Å². The topological polar surface area (TPSA) is 46.5 Å². The molecule has 0 heterocycles. The number of carbonyl (C=O) groups is 1. The van der Waals surface area contributed by atoms with Gasteiger partial charge in [-0.15, -0.1) is 0 Å². The van der Waals surface area contributed by atoms with Crippen LogP contribution in [0.3, 0.4) is 0 Å². The highest BCUT2D eigenvalue weighted by Crippen LogP contribution is 2.35. The average molecular weight is 298 g/mol. The third kappa shape index (κ3) is 3.55. The Morgan fingerprint density at radius 1 is 1.09 bits per heavy atom. The molecule has 3 heteroatoms. The third-order valence-electron chi connectivity index (χ3n) is 3.94. The summed E-state index contributed by atoms with van der Waals surface area (Å²) >= 11 is 0. The van der Waals surface area contributed by atoms with Gasteiger partial charge in [0.25, 0.3) is 0 Å². The molecule has 2 aromatic carbocycles. The van der Waals surface area contributed by atoms with E-state index in [1.165, 1.54) is 0 Å². The Hall–Kier alpha value is -2.13. The van der Waals surface area contributed by atoms with Gasteiger partial charge >= 0.3 is 5.97 Å². The van der Waals surface area contributed by atoms with Crippen molar-refractivity contribution >= 4 is 5.97 Å². The second-order valence-electron chi connectivity index (χ2n) is 5.50. The predicted molar refractivity (Wildman–Crippen MR) is 86.5 cm³/mol. The Balaban J connectivity index is 2.22. The van der Waals surface area contributed by atoms with Gasteiger partial charge in [0.15, 0.2) is 0 Å². The van der Waals surface area contributed by atoms with Crippen LogP contribution in [0.2, 0.25) is 0 Å². The fourth-order valence-electron chi connectivity index (χ4n) is 2.61. The maximum absolute atomic E-state index is 12.4. The molecule has 0 aromatic heterocycles. The van der Waals surface area contributed by atoms with Gasteiger partial charge in [0.2, 0.25) is 0 Å². The van der Waals surface area contributed by atoms with E-state index in [4.69, 9.17) is 4.74 Å². The maximum atomic E-state index is 12.4. The second kappa shape index (κ2) is 7.23. The predicted octanol–water partition coefficient (Wildman–Crippen LogP) is 3.92. The Labute approximate surface area is 131 Å². The Kier molecular flexibility index (Phi) is 5.34. The molecule has 0 radical (unpaired) electrons. The van der Waals surface area contributed by atoms with Gasteiger partial charge in [-0.05, 0) is 31.0 Å². The van der Waals surface area contributed by atoms with Crippen LogP contribution in [0.5, 0.6) is 5.75 Å². The molecule has 0 fully saturated rings. The lowest BCUT2D eigenvalue weighted by atomic mass is 9.79. The van der Waals surface area contributed by atoms with Crippen molar-refractivity contribution < 1.29 is 14.6 Å². The molecule has 0 saturated heterocycles. The molecule has 0 amide bonds. The summed E-state index contributed by atoms with van der Waals surface area (Å²) in [7, 11) is 0. The summed E-state index contributed by atoms with van der Waals surface area (Å²) in [6.45, 7) is 3.71. The van der Waals surface area contributed by atoms with Gasteiger partial charge < -0.3 is 9.84 Å². The van der Waals surface area contributed by atoms with Crippen LogP contribution in [-0.4, -0.2) is 11.1 Å². The summed E-state index contributed by atoms with van der Waals surface area (Å²) in [5.74, 6) is -0.590. The highest BCUT2D eigenvalue weighted by molar-refractivity contribution is 5.76. The van der Waals surface area contributed by atoms with Crippen LogP contribution in [0.15, 0.2) is 60.7 Å². The first-order valence-corrected chi connectivity index (χ1v) is 7.62. The highest BCUT2D eigenvalue weighted by Gasteiger charge is 2.40. The van der Waals surface area contributed by atoms with Crippen molar-refractivity contribution in [3.63, 3.8) is 0 Å². The first kappa shape index (κ1) is 16.2. The normalized spacial score (nSPS) is 14.9. The monoisotopic (exact) mass is 298 g/mol. The number of ether oxygens (including phenoxy) is 1. The van der Waals surface area contributed by atoms with E-state index in [0.717, 1.165) is 12.0 Å². The first-order chi connectivity index (χ1) is 10.6. The molecule has 1 N–H and O–H groups in total. The van der Waals surface area contributed by atoms with E-state index in [0.29, 0.717) is 12.2 Å². The van der Waals surface area contributed by atoms with E-state index in [1.54, 1.807) is 19.1 Å². The van der Waals surface area contributed by atoms with Crippen molar-refractivity contribution in [3.8, 4) is 5.75 Å². The van der Waals surface area contributed by atoms with Crippen LogP contribution < -0.4 is 4.74 Å². The molecule has 0 saturated carbocycles. The molecule has 2 aromatic rings. The van der Waals surface area contributed by atoms with Gasteiger partial charge in [-0.2, -0.15) is 0 Å². The van der Waals surface area contributed by atoms with Crippen molar-refractivity contribution in [1.82, 2.24) is 0 Å². The Morgan fingerprint density at radius 3 is 2.18 bits per heavy atom. The quantitative estimate of drug-likeness (QED) is 0.649. The third-order valence-corrected chi connectivity index (χ3v) is 3.94. The first-order valence-electron chi connectivity index (χ1n) is 7.62. The number of esters is 1. The molecule has 0 spiro atoms. The van der Waals surface area contributed by atoms with Gasteiger partial charge in [-0.25, -0.2) is 0 Å². The molecule has 0 aliphatic carbocycles. The number of benzene rings is 2. The number of rotatable bonds is 6. The number of hydrogen-bond acceptors (Lipinski definition) is 3. The lowest BCUT2D eigenvalue weighted by Crippen LogP contribution is -2.40. The van der Waals surface area contributed by atoms with Crippen molar-refractivity contribution in [2.45, 2.75) is 32.3 Å². The molecule has 2 rings (SSSR count). The smallest absolute Gasteiger partial charge is 0.317 e. The largest absolute Gasteiger partial charge is 0.426 e. The molecular formula is C19H22O3. The van der Waals surface area contributed by atoms with E-state index in [-0.39, 0.29) is 0 Å². The standard InChI is InChI=1S/C19H22O3/c1-3-14-19(21,16-10-6-4-7-11-16)15(2)18(20)22-17-12-8-5-9-13-17/h4-13,15,21H,3,14H2,1-2H3/t15-,19-/m1/s1. The molecule has 3 nitrogen and oxygen atoms in total. The summed E-state index contributed by atoms with van der Waals surface area (Å²) in [4.78, 5) is 12.4. The Morgan fingerprint density at radius 2 is 1.64 bits per heavy atom. The second-order valence-corrected chi connectivity index (χ2v) is 5.50. The van der Waals surface area contributed by atoms with Crippen LogP contribution in [0, 0.1) is 5.92 Å². The lowest BCUT2D eigenvalue weighted by molar-refractivity contribution is -0.149. The van der Waals surface area contributed by atoms with Crippen LogP contribution in [0.1, 0.15) is 32.3 Å². The van der Waals surface area contributed by atoms with Crippen LogP contribution in [0.25, 0.3) is 0 Å². The summed E-state index contributed by atoms with van der Waals surface area (Å²) in [5.41, 5.74) is -0.476. The SMILES string of the molecule is CCC[C@](O)(c1ccccc1)[C@H](C)C(=O)Oc1ccccc1. The van der Waals surface area contributed by atoms with E-state index < -0.39 is 17.5 Å². The van der Waals surface area contributed by atoms with E-state index in [2.05, 4.69) is 0 Å². The van der Waals surface area contributed by atoms with Crippen LogP contribution >= 0.6 is 0 Å².